The summed E-state index contributed by atoms with van der Waals surface area (Å²) < 4.78 is 51.9. The first kappa shape index (κ1) is 14.5. The molecule has 2 nitrogen and oxygen atoms in total. The van der Waals surface area contributed by atoms with Gasteiger partial charge in [-0.05, 0) is 30.8 Å². The molecule has 0 saturated carbocycles. The molecule has 0 radical (unpaired) electrons. The highest BCUT2D eigenvalue weighted by atomic mass is 19.4. The highest BCUT2D eigenvalue weighted by Crippen LogP contribution is 2.32. The zero-order valence-corrected chi connectivity index (χ0v) is 10.6. The van der Waals surface area contributed by atoms with Crippen molar-refractivity contribution in [3.8, 4) is 0 Å². The minimum atomic E-state index is -4.43. The zero-order chi connectivity index (χ0) is 14.8. The molecule has 6 heteroatoms. The van der Waals surface area contributed by atoms with Crippen LogP contribution in [0.1, 0.15) is 22.7 Å². The molecule has 2 rings (SSSR count). The molecule has 1 unspecified atom stereocenters. The normalized spacial score (nSPS) is 13.2. The molecular weight excluding hydrogens is 272 g/mol. The van der Waals surface area contributed by atoms with E-state index >= 15 is 0 Å². The maximum absolute atomic E-state index is 13.7. The van der Waals surface area contributed by atoms with E-state index in [0.29, 0.717) is 5.56 Å². The molecule has 0 amide bonds. The Balaban J connectivity index is 2.46. The van der Waals surface area contributed by atoms with Gasteiger partial charge in [-0.3, -0.25) is 4.98 Å². The third-order valence-electron chi connectivity index (χ3n) is 2.95. The third kappa shape index (κ3) is 2.96. The monoisotopic (exact) mass is 284 g/mol. The van der Waals surface area contributed by atoms with E-state index in [4.69, 9.17) is 0 Å². The summed E-state index contributed by atoms with van der Waals surface area (Å²) in [7, 11) is 1.56. The third-order valence-corrected chi connectivity index (χ3v) is 2.95. The second kappa shape index (κ2) is 5.58. The van der Waals surface area contributed by atoms with E-state index in [1.807, 2.05) is 0 Å². The number of alkyl halides is 3. The van der Waals surface area contributed by atoms with Gasteiger partial charge >= 0.3 is 6.18 Å². The molecule has 1 N–H and O–H groups in total. The summed E-state index contributed by atoms with van der Waals surface area (Å²) in [5, 5.41) is 2.82. The maximum Gasteiger partial charge on any atom is 0.416 e. The smallest absolute Gasteiger partial charge is 0.309 e. The van der Waals surface area contributed by atoms with Crippen LogP contribution in [0, 0.1) is 5.82 Å². The lowest BCUT2D eigenvalue weighted by molar-refractivity contribution is -0.137. The Morgan fingerprint density at radius 1 is 1.20 bits per heavy atom. The summed E-state index contributed by atoms with van der Waals surface area (Å²) in [5.41, 5.74) is -0.168. The first-order valence-corrected chi connectivity index (χ1v) is 5.87. The Bertz CT molecular complexity index is 596. The van der Waals surface area contributed by atoms with Crippen LogP contribution >= 0.6 is 0 Å². The molecular formula is C14H12F4N2. The highest BCUT2D eigenvalue weighted by molar-refractivity contribution is 5.35. The van der Waals surface area contributed by atoms with Crippen LogP contribution in [0.5, 0.6) is 0 Å². The van der Waals surface area contributed by atoms with Gasteiger partial charge in [-0.1, -0.05) is 12.1 Å². The molecule has 0 aliphatic rings. The minimum Gasteiger partial charge on any atom is -0.309 e. The van der Waals surface area contributed by atoms with Crippen LogP contribution in [0.3, 0.4) is 0 Å². The van der Waals surface area contributed by atoms with Gasteiger partial charge in [0.05, 0.1) is 17.8 Å². The Morgan fingerprint density at radius 2 is 1.95 bits per heavy atom. The van der Waals surface area contributed by atoms with Crippen molar-refractivity contribution in [3.05, 3.63) is 65.2 Å². The Labute approximate surface area is 113 Å². The van der Waals surface area contributed by atoms with Crippen molar-refractivity contribution in [3.63, 3.8) is 0 Å². The van der Waals surface area contributed by atoms with E-state index < -0.39 is 23.6 Å². The number of benzene rings is 1. The predicted molar refractivity (Wildman–Crippen MR) is 66.5 cm³/mol. The van der Waals surface area contributed by atoms with E-state index in [0.717, 1.165) is 18.3 Å². The van der Waals surface area contributed by atoms with Gasteiger partial charge in [-0.25, -0.2) is 4.39 Å². The summed E-state index contributed by atoms with van der Waals surface area (Å²) >= 11 is 0. The van der Waals surface area contributed by atoms with Gasteiger partial charge in [-0.15, -0.1) is 0 Å². The van der Waals surface area contributed by atoms with Crippen LogP contribution in [0.4, 0.5) is 17.6 Å². The summed E-state index contributed by atoms with van der Waals surface area (Å²) in [5.74, 6) is -0.565. The molecule has 2 aromatic rings. The molecule has 20 heavy (non-hydrogen) atoms. The number of hydrogen-bond donors (Lipinski definition) is 1. The maximum atomic E-state index is 13.7. The van der Waals surface area contributed by atoms with Gasteiger partial charge in [0.25, 0.3) is 0 Å². The molecule has 1 aromatic carbocycles. The lowest BCUT2D eigenvalue weighted by Crippen LogP contribution is -2.19. The number of nitrogens with zero attached hydrogens (tertiary/aromatic N) is 1. The molecule has 1 heterocycles. The predicted octanol–water partition coefficient (Wildman–Crippen LogP) is 3.55. The van der Waals surface area contributed by atoms with Crippen molar-refractivity contribution in [2.45, 2.75) is 12.2 Å². The Kier molecular flexibility index (Phi) is 4.04. The van der Waals surface area contributed by atoms with Crippen LogP contribution in [-0.4, -0.2) is 12.0 Å². The SMILES string of the molecule is CNC(c1cccc(C(F)(F)F)c1)c1ccncc1F. The second-order valence-corrected chi connectivity index (χ2v) is 4.24. The quantitative estimate of drug-likeness (QED) is 0.872. The van der Waals surface area contributed by atoms with E-state index in [2.05, 4.69) is 10.3 Å². The van der Waals surface area contributed by atoms with Crippen molar-refractivity contribution in [1.82, 2.24) is 10.3 Å². The number of halogens is 4. The molecule has 0 spiro atoms. The molecule has 0 saturated heterocycles. The highest BCUT2D eigenvalue weighted by Gasteiger charge is 2.31. The number of nitrogens with one attached hydrogen (secondary N) is 1. The molecule has 106 valence electrons. The summed E-state index contributed by atoms with van der Waals surface area (Å²) in [4.78, 5) is 3.63. The van der Waals surface area contributed by atoms with Crippen LogP contribution in [0.15, 0.2) is 42.7 Å². The van der Waals surface area contributed by atoms with Crippen molar-refractivity contribution in [2.24, 2.45) is 0 Å². The fourth-order valence-corrected chi connectivity index (χ4v) is 2.02. The van der Waals surface area contributed by atoms with Gasteiger partial charge in [0.15, 0.2) is 0 Å². The first-order valence-electron chi connectivity index (χ1n) is 5.87. The van der Waals surface area contributed by atoms with Gasteiger partial charge in [-0.2, -0.15) is 13.2 Å². The average Bonchev–Trinajstić information content (AvgIpc) is 2.41. The summed E-state index contributed by atoms with van der Waals surface area (Å²) in [6.07, 6.45) is -1.99. The molecule has 1 atom stereocenters. The van der Waals surface area contributed by atoms with Crippen molar-refractivity contribution in [1.29, 1.82) is 0 Å². The van der Waals surface area contributed by atoms with Crippen molar-refractivity contribution < 1.29 is 17.6 Å². The Hall–Kier alpha value is -1.95. The molecule has 0 bridgehead atoms. The van der Waals surface area contributed by atoms with E-state index in [9.17, 15) is 17.6 Å². The standard InChI is InChI=1S/C14H12F4N2/c1-19-13(11-5-6-20-8-12(11)15)9-3-2-4-10(7-9)14(16,17)18/h2-8,13,19H,1H3. The summed E-state index contributed by atoms with van der Waals surface area (Å²) in [6.45, 7) is 0. The van der Waals surface area contributed by atoms with E-state index in [1.165, 1.54) is 24.4 Å². The van der Waals surface area contributed by atoms with Crippen molar-refractivity contribution in [2.75, 3.05) is 7.05 Å². The van der Waals surface area contributed by atoms with Crippen LogP contribution in [0.2, 0.25) is 0 Å². The van der Waals surface area contributed by atoms with Crippen LogP contribution < -0.4 is 5.32 Å². The lowest BCUT2D eigenvalue weighted by atomic mass is 9.97. The van der Waals surface area contributed by atoms with Gasteiger partial charge in [0.2, 0.25) is 0 Å². The zero-order valence-electron chi connectivity index (χ0n) is 10.6. The van der Waals surface area contributed by atoms with Crippen LogP contribution in [0.25, 0.3) is 0 Å². The fourth-order valence-electron chi connectivity index (χ4n) is 2.02. The Morgan fingerprint density at radius 3 is 2.55 bits per heavy atom. The number of hydrogen-bond acceptors (Lipinski definition) is 2. The molecule has 0 aliphatic carbocycles. The molecule has 0 aliphatic heterocycles. The number of rotatable bonds is 3. The summed E-state index contributed by atoms with van der Waals surface area (Å²) in [6, 6.07) is 5.61. The van der Waals surface area contributed by atoms with Gasteiger partial charge < -0.3 is 5.32 Å². The van der Waals surface area contributed by atoms with Gasteiger partial charge in [0.1, 0.15) is 5.82 Å². The van der Waals surface area contributed by atoms with Crippen molar-refractivity contribution >= 4 is 0 Å². The lowest BCUT2D eigenvalue weighted by Gasteiger charge is -2.19. The molecule has 1 aromatic heterocycles. The topological polar surface area (TPSA) is 24.9 Å². The van der Waals surface area contributed by atoms with Crippen LogP contribution in [-0.2, 0) is 6.18 Å². The second-order valence-electron chi connectivity index (χ2n) is 4.24. The first-order chi connectivity index (χ1) is 9.43. The number of pyridine rings is 1. The van der Waals surface area contributed by atoms with Gasteiger partial charge in [0, 0.05) is 11.8 Å². The number of aromatic nitrogens is 1. The largest absolute Gasteiger partial charge is 0.416 e. The van der Waals surface area contributed by atoms with E-state index in [-0.39, 0.29) is 5.56 Å². The molecule has 0 fully saturated rings. The minimum absolute atomic E-state index is 0.252. The average molecular weight is 284 g/mol. The fraction of sp³-hybridized carbons (Fsp3) is 0.214. The van der Waals surface area contributed by atoms with E-state index in [1.54, 1.807) is 7.05 Å².